The van der Waals surface area contributed by atoms with Gasteiger partial charge in [-0.2, -0.15) is 0 Å². The van der Waals surface area contributed by atoms with Crippen LogP contribution in [0.25, 0.3) is 0 Å². The van der Waals surface area contributed by atoms with Gasteiger partial charge in [0.25, 0.3) is 5.91 Å². The first-order valence-corrected chi connectivity index (χ1v) is 6.23. The van der Waals surface area contributed by atoms with E-state index < -0.39 is 11.7 Å². The van der Waals surface area contributed by atoms with Crippen LogP contribution in [-0.4, -0.2) is 17.0 Å². The van der Waals surface area contributed by atoms with Crippen LogP contribution in [0.1, 0.15) is 15.9 Å². The molecule has 108 valence electrons. The summed E-state index contributed by atoms with van der Waals surface area (Å²) in [5.74, 6) is -1.19. The summed E-state index contributed by atoms with van der Waals surface area (Å²) in [4.78, 5) is 12.1. The smallest absolute Gasteiger partial charge is 0.255 e. The van der Waals surface area contributed by atoms with Gasteiger partial charge in [-0.25, -0.2) is 4.39 Å². The Morgan fingerprint density at radius 2 is 1.95 bits per heavy atom. The number of nitrogens with two attached hydrogens (primary N) is 1. The van der Waals surface area contributed by atoms with Crippen molar-refractivity contribution < 1.29 is 14.4 Å². The second kappa shape index (κ2) is 6.23. The number of anilines is 1. The fraction of sp³-hybridized carbons (Fsp3) is 0. The molecular weight excluding hydrogens is 297 g/mol. The number of carbonyl (C=O) groups excluding carboxylic acids is 1. The highest BCUT2D eigenvalue weighted by atomic mass is 35.5. The Kier molecular flexibility index (Phi) is 4.39. The Bertz CT molecular complexity index is 719. The Hall–Kier alpha value is -2.60. The van der Waals surface area contributed by atoms with E-state index in [1.165, 1.54) is 18.2 Å². The third kappa shape index (κ3) is 3.49. The molecule has 2 aromatic rings. The third-order valence-electron chi connectivity index (χ3n) is 2.71. The van der Waals surface area contributed by atoms with Gasteiger partial charge in [0.1, 0.15) is 5.82 Å². The molecule has 0 fully saturated rings. The maximum atomic E-state index is 13.3. The maximum Gasteiger partial charge on any atom is 0.255 e. The highest BCUT2D eigenvalue weighted by molar-refractivity contribution is 6.30. The van der Waals surface area contributed by atoms with Crippen molar-refractivity contribution in [1.82, 2.24) is 0 Å². The molecule has 7 heteroatoms. The molecule has 1 amide bonds. The summed E-state index contributed by atoms with van der Waals surface area (Å²) in [6, 6.07) is 10.1. The second-order valence-corrected chi connectivity index (χ2v) is 4.56. The summed E-state index contributed by atoms with van der Waals surface area (Å²) in [6.45, 7) is 0. The number of oxime groups is 1. The molecule has 0 aromatic heterocycles. The van der Waals surface area contributed by atoms with Gasteiger partial charge in [0, 0.05) is 16.8 Å². The van der Waals surface area contributed by atoms with E-state index in [0.29, 0.717) is 5.56 Å². The Balaban J connectivity index is 2.22. The predicted molar refractivity (Wildman–Crippen MR) is 78.3 cm³/mol. The van der Waals surface area contributed by atoms with E-state index in [0.717, 1.165) is 6.07 Å². The molecule has 0 bridgehead atoms. The number of nitrogens with zero attached hydrogens (tertiary/aromatic N) is 1. The van der Waals surface area contributed by atoms with Gasteiger partial charge >= 0.3 is 0 Å². The van der Waals surface area contributed by atoms with E-state index in [1.54, 1.807) is 18.2 Å². The Morgan fingerprint density at radius 1 is 1.24 bits per heavy atom. The number of hydrogen-bond donors (Lipinski definition) is 3. The maximum absolute atomic E-state index is 13.3. The van der Waals surface area contributed by atoms with E-state index in [-0.39, 0.29) is 22.1 Å². The quantitative estimate of drug-likeness (QED) is 0.352. The van der Waals surface area contributed by atoms with E-state index in [9.17, 15) is 9.18 Å². The Morgan fingerprint density at radius 3 is 2.62 bits per heavy atom. The summed E-state index contributed by atoms with van der Waals surface area (Å²) < 4.78 is 13.3. The fourth-order valence-corrected chi connectivity index (χ4v) is 1.77. The third-order valence-corrected chi connectivity index (χ3v) is 3.01. The van der Waals surface area contributed by atoms with Crippen LogP contribution in [0, 0.1) is 5.82 Å². The first-order chi connectivity index (χ1) is 10.0. The molecular formula is C14H11ClFN3O2. The molecule has 4 N–H and O–H groups in total. The lowest BCUT2D eigenvalue weighted by Crippen LogP contribution is -2.16. The van der Waals surface area contributed by atoms with Crippen molar-refractivity contribution in [3.05, 3.63) is 64.4 Å². The van der Waals surface area contributed by atoms with Gasteiger partial charge in [-0.15, -0.1) is 0 Å². The van der Waals surface area contributed by atoms with Crippen molar-refractivity contribution >= 4 is 29.0 Å². The lowest BCUT2D eigenvalue weighted by molar-refractivity contribution is 0.102. The van der Waals surface area contributed by atoms with Gasteiger partial charge in [0.05, 0.1) is 5.02 Å². The van der Waals surface area contributed by atoms with Gasteiger partial charge in [0.2, 0.25) is 0 Å². The van der Waals surface area contributed by atoms with Crippen LogP contribution in [0.3, 0.4) is 0 Å². The fourth-order valence-electron chi connectivity index (χ4n) is 1.65. The van der Waals surface area contributed by atoms with Crippen molar-refractivity contribution in [2.45, 2.75) is 0 Å². The first-order valence-electron chi connectivity index (χ1n) is 5.85. The lowest BCUT2D eigenvalue weighted by atomic mass is 10.1. The number of halogens is 2. The normalized spacial score (nSPS) is 11.2. The van der Waals surface area contributed by atoms with Crippen molar-refractivity contribution in [3.8, 4) is 0 Å². The number of carbonyl (C=O) groups is 1. The SMILES string of the molecule is NC(=NO)c1cccc(C(=O)Nc2ccc(Cl)c(F)c2)c1. The first kappa shape index (κ1) is 14.8. The number of amidine groups is 1. The van der Waals surface area contributed by atoms with Crippen LogP contribution in [0.2, 0.25) is 5.02 Å². The molecule has 0 heterocycles. The number of amides is 1. The minimum atomic E-state index is -0.625. The molecule has 0 atom stereocenters. The van der Waals surface area contributed by atoms with Crippen LogP contribution in [0.5, 0.6) is 0 Å². The standard InChI is InChI=1S/C14H11ClFN3O2/c15-11-5-4-10(7-12(11)16)18-14(20)9-3-1-2-8(6-9)13(17)19-21/h1-7,21H,(H2,17,19)(H,18,20). The average Bonchev–Trinajstić information content (AvgIpc) is 2.50. The van der Waals surface area contributed by atoms with E-state index in [4.69, 9.17) is 22.5 Å². The van der Waals surface area contributed by atoms with Crippen LogP contribution in [0.15, 0.2) is 47.6 Å². The largest absolute Gasteiger partial charge is 0.409 e. The molecule has 0 spiro atoms. The Labute approximate surface area is 124 Å². The van der Waals surface area contributed by atoms with Crippen molar-refractivity contribution in [2.24, 2.45) is 10.9 Å². The average molecular weight is 308 g/mol. The number of benzene rings is 2. The predicted octanol–water partition coefficient (Wildman–Crippen LogP) is 2.83. The molecule has 0 unspecified atom stereocenters. The van der Waals surface area contributed by atoms with Gasteiger partial charge in [-0.1, -0.05) is 28.9 Å². The van der Waals surface area contributed by atoms with Crippen molar-refractivity contribution in [3.63, 3.8) is 0 Å². The summed E-state index contributed by atoms with van der Waals surface area (Å²) >= 11 is 5.57. The summed E-state index contributed by atoms with van der Waals surface area (Å²) in [5.41, 5.74) is 6.41. The minimum Gasteiger partial charge on any atom is -0.409 e. The highest BCUT2D eigenvalue weighted by Gasteiger charge is 2.09. The van der Waals surface area contributed by atoms with Gasteiger partial charge in [0.15, 0.2) is 5.84 Å². The van der Waals surface area contributed by atoms with Crippen molar-refractivity contribution in [1.29, 1.82) is 0 Å². The lowest BCUT2D eigenvalue weighted by Gasteiger charge is -2.07. The minimum absolute atomic E-state index is 0.0260. The molecule has 0 radical (unpaired) electrons. The molecule has 0 aliphatic carbocycles. The zero-order chi connectivity index (χ0) is 15.4. The molecule has 0 saturated heterocycles. The summed E-state index contributed by atoms with van der Waals surface area (Å²) in [6.07, 6.45) is 0. The number of rotatable bonds is 3. The highest BCUT2D eigenvalue weighted by Crippen LogP contribution is 2.19. The number of nitrogens with one attached hydrogen (secondary N) is 1. The zero-order valence-electron chi connectivity index (χ0n) is 10.7. The monoisotopic (exact) mass is 307 g/mol. The molecule has 2 rings (SSSR count). The van der Waals surface area contributed by atoms with E-state index in [2.05, 4.69) is 10.5 Å². The molecule has 5 nitrogen and oxygen atoms in total. The second-order valence-electron chi connectivity index (χ2n) is 4.15. The van der Waals surface area contributed by atoms with Crippen LogP contribution >= 0.6 is 11.6 Å². The van der Waals surface area contributed by atoms with E-state index in [1.807, 2.05) is 0 Å². The molecule has 2 aromatic carbocycles. The molecule has 0 saturated carbocycles. The number of hydrogen-bond acceptors (Lipinski definition) is 3. The summed E-state index contributed by atoms with van der Waals surface area (Å²) in [5, 5.41) is 14.0. The van der Waals surface area contributed by atoms with Crippen LogP contribution < -0.4 is 11.1 Å². The van der Waals surface area contributed by atoms with E-state index >= 15 is 0 Å². The van der Waals surface area contributed by atoms with Crippen LogP contribution in [0.4, 0.5) is 10.1 Å². The molecule has 0 aliphatic rings. The van der Waals surface area contributed by atoms with Gasteiger partial charge in [-0.05, 0) is 30.3 Å². The van der Waals surface area contributed by atoms with Gasteiger partial charge < -0.3 is 16.3 Å². The zero-order valence-corrected chi connectivity index (χ0v) is 11.4. The topological polar surface area (TPSA) is 87.7 Å². The van der Waals surface area contributed by atoms with Crippen LogP contribution in [-0.2, 0) is 0 Å². The molecule has 21 heavy (non-hydrogen) atoms. The summed E-state index contributed by atoms with van der Waals surface area (Å²) in [7, 11) is 0. The van der Waals surface area contributed by atoms with Gasteiger partial charge in [-0.3, -0.25) is 4.79 Å². The van der Waals surface area contributed by atoms with Crippen molar-refractivity contribution in [2.75, 3.05) is 5.32 Å². The molecule has 0 aliphatic heterocycles.